The lowest BCUT2D eigenvalue weighted by Crippen LogP contribution is -2.48. The summed E-state index contributed by atoms with van der Waals surface area (Å²) < 4.78 is 33.0. The van der Waals surface area contributed by atoms with Gasteiger partial charge in [0.2, 0.25) is 10.0 Å². The highest BCUT2D eigenvalue weighted by molar-refractivity contribution is 7.89. The summed E-state index contributed by atoms with van der Waals surface area (Å²) in [5.41, 5.74) is 1.58. The third kappa shape index (κ3) is 5.56. The van der Waals surface area contributed by atoms with Crippen LogP contribution in [-0.4, -0.2) is 56.5 Å². The van der Waals surface area contributed by atoms with Gasteiger partial charge in [0.05, 0.1) is 11.0 Å². The average molecular weight is 393 g/mol. The smallest absolute Gasteiger partial charge is 0.243 e. The first-order valence-corrected chi connectivity index (χ1v) is 11.6. The Morgan fingerprint density at radius 3 is 2.33 bits per heavy atom. The lowest BCUT2D eigenvalue weighted by Gasteiger charge is -2.34. The first-order chi connectivity index (χ1) is 12.9. The van der Waals surface area contributed by atoms with Gasteiger partial charge in [-0.05, 0) is 70.2 Å². The van der Waals surface area contributed by atoms with Gasteiger partial charge in [0.1, 0.15) is 5.75 Å². The van der Waals surface area contributed by atoms with Crippen LogP contribution in [-0.2, 0) is 10.0 Å². The molecule has 27 heavy (non-hydrogen) atoms. The second kappa shape index (κ2) is 9.22. The molecule has 1 heterocycles. The predicted molar refractivity (Wildman–Crippen MR) is 109 cm³/mol. The van der Waals surface area contributed by atoms with E-state index in [-0.39, 0.29) is 6.10 Å². The molecule has 1 aliphatic carbocycles. The highest BCUT2D eigenvalue weighted by Crippen LogP contribution is 2.23. The van der Waals surface area contributed by atoms with Gasteiger partial charge < -0.3 is 9.64 Å². The summed E-state index contributed by atoms with van der Waals surface area (Å²) in [5, 5.41) is 0. The quantitative estimate of drug-likeness (QED) is 0.665. The van der Waals surface area contributed by atoms with E-state index in [0.717, 1.165) is 26.1 Å². The lowest BCUT2D eigenvalue weighted by atomic mass is 9.97. The second-order valence-electron chi connectivity index (χ2n) is 7.74. The molecule has 1 aromatic carbocycles. The molecule has 0 N–H and O–H groups in total. The molecule has 150 valence electrons. The standard InChI is InChI=1S/C21H32N2O3S/c1-18(2)26-20-8-10-21(11-9-20)27(24,25)23-16-14-22(15-17-23)13-12-19-6-4-3-5-7-19/h6,8-11,18H,3-5,7,12-17H2,1-2H3. The van der Waals surface area contributed by atoms with E-state index in [1.165, 1.54) is 25.7 Å². The summed E-state index contributed by atoms with van der Waals surface area (Å²) in [4.78, 5) is 2.74. The summed E-state index contributed by atoms with van der Waals surface area (Å²) in [5.74, 6) is 0.700. The van der Waals surface area contributed by atoms with Crippen molar-refractivity contribution in [3.63, 3.8) is 0 Å². The Hall–Kier alpha value is -1.37. The monoisotopic (exact) mass is 392 g/mol. The number of hydrogen-bond donors (Lipinski definition) is 0. The molecular formula is C21H32N2O3S. The first kappa shape index (κ1) is 20.4. The molecule has 0 spiro atoms. The molecule has 0 aromatic heterocycles. The number of piperazine rings is 1. The van der Waals surface area contributed by atoms with Crippen LogP contribution in [0, 0.1) is 0 Å². The Balaban J connectivity index is 1.52. The zero-order valence-corrected chi connectivity index (χ0v) is 17.4. The van der Waals surface area contributed by atoms with E-state index in [0.29, 0.717) is 23.7 Å². The highest BCUT2D eigenvalue weighted by atomic mass is 32.2. The van der Waals surface area contributed by atoms with E-state index in [4.69, 9.17) is 4.74 Å². The Morgan fingerprint density at radius 1 is 1.04 bits per heavy atom. The summed E-state index contributed by atoms with van der Waals surface area (Å²) in [6.07, 6.45) is 8.71. The van der Waals surface area contributed by atoms with Crippen LogP contribution in [0.25, 0.3) is 0 Å². The zero-order chi connectivity index (χ0) is 19.3. The number of hydrogen-bond acceptors (Lipinski definition) is 4. The van der Waals surface area contributed by atoms with Gasteiger partial charge in [-0.25, -0.2) is 8.42 Å². The third-order valence-electron chi connectivity index (χ3n) is 5.30. The fraction of sp³-hybridized carbons (Fsp3) is 0.619. The van der Waals surface area contributed by atoms with Crippen molar-refractivity contribution in [1.82, 2.24) is 9.21 Å². The van der Waals surface area contributed by atoms with Crippen molar-refractivity contribution in [2.24, 2.45) is 0 Å². The third-order valence-corrected chi connectivity index (χ3v) is 7.21. The van der Waals surface area contributed by atoms with Crippen LogP contribution >= 0.6 is 0 Å². The van der Waals surface area contributed by atoms with Crippen LogP contribution in [0.2, 0.25) is 0 Å². The van der Waals surface area contributed by atoms with Gasteiger partial charge in [-0.15, -0.1) is 0 Å². The van der Waals surface area contributed by atoms with Crippen molar-refractivity contribution in [3.8, 4) is 5.75 Å². The van der Waals surface area contributed by atoms with Crippen LogP contribution in [0.1, 0.15) is 46.0 Å². The van der Waals surface area contributed by atoms with E-state index in [2.05, 4.69) is 11.0 Å². The van der Waals surface area contributed by atoms with Crippen molar-refractivity contribution < 1.29 is 13.2 Å². The van der Waals surface area contributed by atoms with Crippen LogP contribution in [0.15, 0.2) is 40.8 Å². The van der Waals surface area contributed by atoms with Crippen LogP contribution in [0.3, 0.4) is 0 Å². The summed E-state index contributed by atoms with van der Waals surface area (Å²) in [7, 11) is -3.43. The number of nitrogens with zero attached hydrogens (tertiary/aromatic N) is 2. The number of allylic oxidation sites excluding steroid dienone is 1. The minimum absolute atomic E-state index is 0.0740. The molecule has 5 nitrogen and oxygen atoms in total. The fourth-order valence-electron chi connectivity index (χ4n) is 3.74. The van der Waals surface area contributed by atoms with Crippen molar-refractivity contribution in [2.45, 2.75) is 57.0 Å². The number of sulfonamides is 1. The Labute approximate surface area is 164 Å². The summed E-state index contributed by atoms with van der Waals surface area (Å²) >= 11 is 0. The molecule has 1 fully saturated rings. The van der Waals surface area contributed by atoms with E-state index >= 15 is 0 Å². The van der Waals surface area contributed by atoms with Crippen molar-refractivity contribution >= 4 is 10.0 Å². The van der Waals surface area contributed by atoms with Crippen molar-refractivity contribution in [1.29, 1.82) is 0 Å². The van der Waals surface area contributed by atoms with Crippen LogP contribution in [0.5, 0.6) is 5.75 Å². The molecule has 0 saturated carbocycles. The molecule has 0 bridgehead atoms. The molecule has 0 amide bonds. The van der Waals surface area contributed by atoms with E-state index in [1.807, 2.05) is 13.8 Å². The number of benzene rings is 1. The largest absolute Gasteiger partial charge is 0.491 e. The van der Waals surface area contributed by atoms with Crippen LogP contribution < -0.4 is 4.74 Å². The van der Waals surface area contributed by atoms with Gasteiger partial charge in [-0.3, -0.25) is 0 Å². The average Bonchev–Trinajstić information content (AvgIpc) is 2.67. The van der Waals surface area contributed by atoms with Gasteiger partial charge in [-0.2, -0.15) is 4.31 Å². The maximum absolute atomic E-state index is 12.9. The van der Waals surface area contributed by atoms with Gasteiger partial charge >= 0.3 is 0 Å². The molecule has 2 aliphatic rings. The van der Waals surface area contributed by atoms with Gasteiger partial charge in [0.25, 0.3) is 0 Å². The minimum Gasteiger partial charge on any atom is -0.491 e. The molecule has 1 saturated heterocycles. The SMILES string of the molecule is CC(C)Oc1ccc(S(=O)(=O)N2CCN(CCC3=CCCCC3)CC2)cc1. The normalized spacial score (nSPS) is 19.9. The fourth-order valence-corrected chi connectivity index (χ4v) is 5.16. The molecule has 3 rings (SSSR count). The van der Waals surface area contributed by atoms with E-state index in [9.17, 15) is 8.42 Å². The van der Waals surface area contributed by atoms with Crippen LogP contribution in [0.4, 0.5) is 0 Å². The molecule has 1 aliphatic heterocycles. The molecule has 6 heteroatoms. The highest BCUT2D eigenvalue weighted by Gasteiger charge is 2.28. The molecule has 0 unspecified atom stereocenters. The topological polar surface area (TPSA) is 49.9 Å². The second-order valence-corrected chi connectivity index (χ2v) is 9.68. The molecule has 0 radical (unpaired) electrons. The van der Waals surface area contributed by atoms with Crippen molar-refractivity contribution in [3.05, 3.63) is 35.9 Å². The molecule has 0 atom stereocenters. The molecular weight excluding hydrogens is 360 g/mol. The number of rotatable bonds is 7. The Morgan fingerprint density at radius 2 is 1.74 bits per heavy atom. The Kier molecular flexibility index (Phi) is 6.95. The number of ether oxygens (including phenoxy) is 1. The zero-order valence-electron chi connectivity index (χ0n) is 16.6. The molecule has 1 aromatic rings. The predicted octanol–water partition coefficient (Wildman–Crippen LogP) is 3.67. The minimum atomic E-state index is -3.43. The summed E-state index contributed by atoms with van der Waals surface area (Å²) in [6, 6.07) is 6.77. The lowest BCUT2D eigenvalue weighted by molar-refractivity contribution is 0.189. The van der Waals surface area contributed by atoms with E-state index in [1.54, 1.807) is 34.1 Å². The van der Waals surface area contributed by atoms with Gasteiger partial charge in [0.15, 0.2) is 0 Å². The van der Waals surface area contributed by atoms with E-state index < -0.39 is 10.0 Å². The van der Waals surface area contributed by atoms with Gasteiger partial charge in [0, 0.05) is 32.7 Å². The maximum atomic E-state index is 12.9. The first-order valence-electron chi connectivity index (χ1n) is 10.1. The summed E-state index contributed by atoms with van der Waals surface area (Å²) in [6.45, 7) is 7.68. The maximum Gasteiger partial charge on any atom is 0.243 e. The van der Waals surface area contributed by atoms with Gasteiger partial charge in [-0.1, -0.05) is 11.6 Å². The Bertz CT molecular complexity index is 733. The van der Waals surface area contributed by atoms with Crippen molar-refractivity contribution in [2.75, 3.05) is 32.7 Å².